The van der Waals surface area contributed by atoms with Gasteiger partial charge >= 0.3 is 0 Å². The van der Waals surface area contributed by atoms with Gasteiger partial charge in [-0.2, -0.15) is 0 Å². The first-order chi connectivity index (χ1) is 11.4. The monoisotopic (exact) mass is 304 g/mol. The lowest BCUT2D eigenvalue weighted by Crippen LogP contribution is -2.11. The third-order valence-corrected chi connectivity index (χ3v) is 4.35. The number of hydrogen-bond acceptors (Lipinski definition) is 2. The summed E-state index contributed by atoms with van der Waals surface area (Å²) in [6, 6.07) is 18.9. The van der Waals surface area contributed by atoms with Crippen molar-refractivity contribution in [3.8, 4) is 17.0 Å². The van der Waals surface area contributed by atoms with Gasteiger partial charge in [0.15, 0.2) is 0 Å². The van der Waals surface area contributed by atoms with Gasteiger partial charge in [-0.15, -0.1) is 0 Å². The molecule has 0 unspecified atom stereocenters. The van der Waals surface area contributed by atoms with Crippen molar-refractivity contribution in [3.63, 3.8) is 0 Å². The standard InChI is InChI=1S/C20H20N2O/c1-21-11-16-13-22(12-15-7-3-2-4-8-15)20-17-9-5-6-10-19(17)23-14-18(16)20/h2-10,13,21H,11-12,14H2,1H3. The van der Waals surface area contributed by atoms with E-state index in [1.807, 2.05) is 13.1 Å². The van der Waals surface area contributed by atoms with Gasteiger partial charge in [0.05, 0.1) is 5.69 Å². The summed E-state index contributed by atoms with van der Waals surface area (Å²) in [5.74, 6) is 0.975. The van der Waals surface area contributed by atoms with Gasteiger partial charge in [-0.25, -0.2) is 0 Å². The highest BCUT2D eigenvalue weighted by molar-refractivity contribution is 5.74. The Balaban J connectivity index is 1.84. The molecular weight excluding hydrogens is 284 g/mol. The van der Waals surface area contributed by atoms with E-state index < -0.39 is 0 Å². The molecule has 0 atom stereocenters. The van der Waals surface area contributed by atoms with Crippen molar-refractivity contribution >= 4 is 0 Å². The summed E-state index contributed by atoms with van der Waals surface area (Å²) in [5, 5.41) is 3.27. The maximum atomic E-state index is 5.96. The first kappa shape index (κ1) is 14.1. The van der Waals surface area contributed by atoms with Crippen LogP contribution in [0.25, 0.3) is 11.3 Å². The molecule has 0 amide bonds. The maximum absolute atomic E-state index is 5.96. The average Bonchev–Trinajstić information content (AvgIpc) is 2.94. The summed E-state index contributed by atoms with van der Waals surface area (Å²) in [4.78, 5) is 0. The lowest BCUT2D eigenvalue weighted by molar-refractivity contribution is 0.300. The summed E-state index contributed by atoms with van der Waals surface area (Å²) >= 11 is 0. The summed E-state index contributed by atoms with van der Waals surface area (Å²) in [6.07, 6.45) is 2.26. The topological polar surface area (TPSA) is 26.2 Å². The number of aromatic nitrogens is 1. The summed E-state index contributed by atoms with van der Waals surface area (Å²) < 4.78 is 8.32. The summed E-state index contributed by atoms with van der Waals surface area (Å²) in [6.45, 7) is 2.38. The molecule has 2 aromatic carbocycles. The molecule has 23 heavy (non-hydrogen) atoms. The van der Waals surface area contributed by atoms with Gasteiger partial charge in [0.1, 0.15) is 12.4 Å². The molecular formula is C20H20N2O. The Labute approximate surface area is 136 Å². The van der Waals surface area contributed by atoms with Crippen molar-refractivity contribution in [3.05, 3.63) is 77.5 Å². The molecule has 2 heterocycles. The van der Waals surface area contributed by atoms with Crippen molar-refractivity contribution in [1.82, 2.24) is 9.88 Å². The van der Waals surface area contributed by atoms with E-state index in [9.17, 15) is 0 Å². The van der Waals surface area contributed by atoms with Crippen LogP contribution in [0.15, 0.2) is 60.8 Å². The Morgan fingerprint density at radius 2 is 1.83 bits per heavy atom. The molecule has 1 N–H and O–H groups in total. The molecule has 1 aromatic heterocycles. The quantitative estimate of drug-likeness (QED) is 0.793. The lowest BCUT2D eigenvalue weighted by atomic mass is 10.0. The Hall–Kier alpha value is -2.52. The molecule has 116 valence electrons. The highest BCUT2D eigenvalue weighted by Crippen LogP contribution is 2.40. The molecule has 0 saturated carbocycles. The first-order valence-corrected chi connectivity index (χ1v) is 7.98. The normalized spacial score (nSPS) is 12.4. The minimum absolute atomic E-state index is 0.644. The minimum Gasteiger partial charge on any atom is -0.488 e. The van der Waals surface area contributed by atoms with Crippen LogP contribution in [0.5, 0.6) is 5.75 Å². The van der Waals surface area contributed by atoms with Crippen molar-refractivity contribution in [2.75, 3.05) is 7.05 Å². The largest absolute Gasteiger partial charge is 0.488 e. The molecule has 0 spiro atoms. The van der Waals surface area contributed by atoms with Gasteiger partial charge in [-0.3, -0.25) is 0 Å². The van der Waals surface area contributed by atoms with Gasteiger partial charge < -0.3 is 14.6 Å². The molecule has 0 fully saturated rings. The minimum atomic E-state index is 0.644. The Bertz CT molecular complexity index is 821. The number of nitrogens with one attached hydrogen (secondary N) is 1. The van der Waals surface area contributed by atoms with Gasteiger partial charge in [-0.05, 0) is 30.3 Å². The molecule has 1 aliphatic heterocycles. The van der Waals surface area contributed by atoms with E-state index in [2.05, 4.69) is 64.6 Å². The highest BCUT2D eigenvalue weighted by Gasteiger charge is 2.24. The van der Waals surface area contributed by atoms with Crippen LogP contribution in [0.1, 0.15) is 16.7 Å². The van der Waals surface area contributed by atoms with Crippen molar-refractivity contribution in [2.45, 2.75) is 19.7 Å². The van der Waals surface area contributed by atoms with Crippen LogP contribution < -0.4 is 10.1 Å². The second kappa shape index (κ2) is 5.94. The zero-order valence-electron chi connectivity index (χ0n) is 13.3. The number of ether oxygens (including phenoxy) is 1. The van der Waals surface area contributed by atoms with E-state index in [1.165, 1.54) is 27.9 Å². The molecule has 1 aliphatic rings. The summed E-state index contributed by atoms with van der Waals surface area (Å²) in [7, 11) is 1.98. The predicted molar refractivity (Wildman–Crippen MR) is 92.5 cm³/mol. The molecule has 3 nitrogen and oxygen atoms in total. The zero-order chi connectivity index (χ0) is 15.6. The lowest BCUT2D eigenvalue weighted by Gasteiger charge is -2.21. The predicted octanol–water partition coefficient (Wildman–Crippen LogP) is 3.82. The number of hydrogen-bond donors (Lipinski definition) is 1. The maximum Gasteiger partial charge on any atom is 0.129 e. The van der Waals surface area contributed by atoms with E-state index in [0.29, 0.717) is 6.61 Å². The average molecular weight is 304 g/mol. The molecule has 3 aromatic rings. The second-order valence-electron chi connectivity index (χ2n) is 5.91. The Kier molecular flexibility index (Phi) is 3.64. The van der Waals surface area contributed by atoms with Crippen LogP contribution in [0.4, 0.5) is 0 Å². The van der Waals surface area contributed by atoms with E-state index in [-0.39, 0.29) is 0 Å². The molecule has 0 saturated heterocycles. The fourth-order valence-electron chi connectivity index (χ4n) is 3.32. The molecule has 0 bridgehead atoms. The Morgan fingerprint density at radius 3 is 2.65 bits per heavy atom. The van der Waals surface area contributed by atoms with Gasteiger partial charge in [0.2, 0.25) is 0 Å². The fourth-order valence-corrected chi connectivity index (χ4v) is 3.32. The van der Waals surface area contributed by atoms with E-state index >= 15 is 0 Å². The zero-order valence-corrected chi connectivity index (χ0v) is 13.3. The third-order valence-electron chi connectivity index (χ3n) is 4.35. The third kappa shape index (κ3) is 2.53. The van der Waals surface area contributed by atoms with Crippen LogP contribution >= 0.6 is 0 Å². The SMILES string of the molecule is CNCc1cn(Cc2ccccc2)c2c1COc1ccccc1-2. The van der Waals surface area contributed by atoms with Gasteiger partial charge in [-0.1, -0.05) is 42.5 Å². The van der Waals surface area contributed by atoms with Crippen molar-refractivity contribution in [2.24, 2.45) is 0 Å². The van der Waals surface area contributed by atoms with Crippen LogP contribution in [0, 0.1) is 0 Å². The van der Waals surface area contributed by atoms with Crippen LogP contribution in [0.2, 0.25) is 0 Å². The number of nitrogens with zero attached hydrogens (tertiary/aromatic N) is 1. The fraction of sp³-hybridized carbons (Fsp3) is 0.200. The summed E-state index contributed by atoms with van der Waals surface area (Å²) in [5.41, 5.74) is 6.40. The molecule has 3 heteroatoms. The highest BCUT2D eigenvalue weighted by atomic mass is 16.5. The number of para-hydroxylation sites is 1. The van der Waals surface area contributed by atoms with E-state index in [4.69, 9.17) is 4.74 Å². The molecule has 0 aliphatic carbocycles. The van der Waals surface area contributed by atoms with Crippen LogP contribution in [-0.4, -0.2) is 11.6 Å². The number of benzene rings is 2. The van der Waals surface area contributed by atoms with E-state index in [1.54, 1.807) is 0 Å². The Morgan fingerprint density at radius 1 is 1.04 bits per heavy atom. The van der Waals surface area contributed by atoms with Gasteiger partial charge in [0, 0.05) is 30.4 Å². The van der Waals surface area contributed by atoms with Crippen LogP contribution in [0.3, 0.4) is 0 Å². The molecule has 4 rings (SSSR count). The first-order valence-electron chi connectivity index (χ1n) is 7.98. The smallest absolute Gasteiger partial charge is 0.129 e. The van der Waals surface area contributed by atoms with Crippen molar-refractivity contribution in [1.29, 1.82) is 0 Å². The van der Waals surface area contributed by atoms with Crippen LogP contribution in [-0.2, 0) is 19.7 Å². The second-order valence-corrected chi connectivity index (χ2v) is 5.91. The van der Waals surface area contributed by atoms with E-state index in [0.717, 1.165) is 18.8 Å². The number of fused-ring (bicyclic) bond motifs is 3. The number of rotatable bonds is 4. The molecule has 0 radical (unpaired) electrons. The van der Waals surface area contributed by atoms with Gasteiger partial charge in [0.25, 0.3) is 0 Å². The van der Waals surface area contributed by atoms with Crippen molar-refractivity contribution < 1.29 is 4.74 Å².